The van der Waals surface area contributed by atoms with Crippen molar-refractivity contribution in [3.05, 3.63) is 23.8 Å². The Kier molecular flexibility index (Phi) is 5.30. The van der Waals surface area contributed by atoms with Gasteiger partial charge >= 0.3 is 0 Å². The van der Waals surface area contributed by atoms with Crippen LogP contribution in [0.4, 0.5) is 5.69 Å². The van der Waals surface area contributed by atoms with E-state index in [0.29, 0.717) is 24.6 Å². The number of hydrogen-bond acceptors (Lipinski definition) is 4. The smallest absolute Gasteiger partial charge is 0.242 e. The van der Waals surface area contributed by atoms with Crippen molar-refractivity contribution in [2.45, 2.75) is 46.1 Å². The maximum absolute atomic E-state index is 12.8. The van der Waals surface area contributed by atoms with Crippen molar-refractivity contribution >= 4 is 17.4 Å². The molecule has 1 atom stereocenters. The number of likely N-dealkylation sites (tertiary alicyclic amines) is 1. The average molecular weight is 344 g/mol. The lowest BCUT2D eigenvalue weighted by atomic mass is 9.99. The number of amides is 1. The van der Waals surface area contributed by atoms with Crippen LogP contribution in [0.2, 0.25) is 0 Å². The van der Waals surface area contributed by atoms with Gasteiger partial charge in [0.05, 0.1) is 18.8 Å². The maximum Gasteiger partial charge on any atom is 0.242 e. The van der Waals surface area contributed by atoms with Crippen LogP contribution in [0.15, 0.2) is 18.2 Å². The van der Waals surface area contributed by atoms with E-state index in [1.54, 1.807) is 13.0 Å². The first-order chi connectivity index (χ1) is 12.0. The molecule has 0 bridgehead atoms. The Morgan fingerprint density at radius 1 is 1.24 bits per heavy atom. The normalized spacial score (nSPS) is 20.8. The fraction of sp³-hybridized carbons (Fsp3) is 0.600. The minimum absolute atomic E-state index is 0.0247. The topological polar surface area (TPSA) is 49.9 Å². The van der Waals surface area contributed by atoms with Gasteiger partial charge in [-0.1, -0.05) is 13.8 Å². The summed E-state index contributed by atoms with van der Waals surface area (Å²) in [5.41, 5.74) is 1.51. The molecular weight excluding hydrogens is 316 g/mol. The Morgan fingerprint density at radius 3 is 2.60 bits per heavy atom. The SMILES string of the molecule is CCC1CN(CC(=O)N2CCC(C)CC2)c2cc(C(C)=O)ccc2O1. The number of rotatable bonds is 4. The number of ether oxygens (including phenoxy) is 1. The molecule has 2 aliphatic rings. The van der Waals surface area contributed by atoms with Crippen molar-refractivity contribution in [1.29, 1.82) is 0 Å². The predicted molar refractivity (Wildman–Crippen MR) is 98.3 cm³/mol. The van der Waals surface area contributed by atoms with E-state index in [1.165, 1.54) is 0 Å². The molecule has 0 aromatic heterocycles. The Labute approximate surface area is 149 Å². The van der Waals surface area contributed by atoms with Gasteiger partial charge < -0.3 is 14.5 Å². The number of Topliss-reactive ketones (excluding diaryl/α,β-unsaturated/α-hetero) is 1. The van der Waals surface area contributed by atoms with Crippen LogP contribution in [0, 0.1) is 5.92 Å². The van der Waals surface area contributed by atoms with Gasteiger partial charge in [-0.25, -0.2) is 0 Å². The molecule has 1 amide bonds. The Hall–Kier alpha value is -2.04. The summed E-state index contributed by atoms with van der Waals surface area (Å²) < 4.78 is 6.01. The highest BCUT2D eigenvalue weighted by Crippen LogP contribution is 2.35. The van der Waals surface area contributed by atoms with Crippen molar-refractivity contribution in [1.82, 2.24) is 4.90 Å². The third-order valence-corrected chi connectivity index (χ3v) is 5.34. The molecule has 136 valence electrons. The molecule has 3 rings (SSSR count). The number of nitrogens with zero attached hydrogens (tertiary/aromatic N) is 2. The molecule has 1 fully saturated rings. The molecule has 0 spiro atoms. The number of carbonyl (C=O) groups excluding carboxylic acids is 2. The molecule has 2 aliphatic heterocycles. The second kappa shape index (κ2) is 7.46. The standard InChI is InChI=1S/C20H28N2O3/c1-4-17-12-22(13-20(24)21-9-7-14(2)8-10-21)18-11-16(15(3)23)5-6-19(18)25-17/h5-6,11,14,17H,4,7-10,12-13H2,1-3H3. The van der Waals surface area contributed by atoms with Gasteiger partial charge in [-0.3, -0.25) is 9.59 Å². The van der Waals surface area contributed by atoms with E-state index in [9.17, 15) is 9.59 Å². The first-order valence-corrected chi connectivity index (χ1v) is 9.32. The van der Waals surface area contributed by atoms with Crippen LogP contribution in [-0.4, -0.2) is 48.9 Å². The second-order valence-corrected chi connectivity index (χ2v) is 7.33. The summed E-state index contributed by atoms with van der Waals surface area (Å²) >= 11 is 0. The molecule has 1 unspecified atom stereocenters. The predicted octanol–water partition coefficient (Wildman–Crippen LogP) is 3.13. The fourth-order valence-corrected chi connectivity index (χ4v) is 3.53. The Morgan fingerprint density at radius 2 is 1.96 bits per heavy atom. The summed E-state index contributed by atoms with van der Waals surface area (Å²) in [7, 11) is 0. The van der Waals surface area contributed by atoms with Gasteiger partial charge in [0.25, 0.3) is 0 Å². The molecule has 25 heavy (non-hydrogen) atoms. The largest absolute Gasteiger partial charge is 0.486 e. The van der Waals surface area contributed by atoms with Crippen molar-refractivity contribution in [2.75, 3.05) is 31.1 Å². The lowest BCUT2D eigenvalue weighted by molar-refractivity contribution is -0.131. The van der Waals surface area contributed by atoms with Crippen molar-refractivity contribution in [2.24, 2.45) is 5.92 Å². The molecule has 0 aliphatic carbocycles. The van der Waals surface area contributed by atoms with Crippen LogP contribution in [0.5, 0.6) is 5.75 Å². The van der Waals surface area contributed by atoms with Crippen LogP contribution >= 0.6 is 0 Å². The zero-order valence-corrected chi connectivity index (χ0v) is 15.5. The van der Waals surface area contributed by atoms with E-state index >= 15 is 0 Å². The highest BCUT2D eigenvalue weighted by atomic mass is 16.5. The maximum atomic E-state index is 12.8. The fourth-order valence-electron chi connectivity index (χ4n) is 3.53. The minimum atomic E-state index is 0.0247. The molecule has 5 nitrogen and oxygen atoms in total. The molecule has 1 saturated heterocycles. The van der Waals surface area contributed by atoms with Crippen LogP contribution in [0.1, 0.15) is 50.4 Å². The first-order valence-electron chi connectivity index (χ1n) is 9.32. The summed E-state index contributed by atoms with van der Waals surface area (Å²) in [5.74, 6) is 1.67. The highest BCUT2D eigenvalue weighted by molar-refractivity contribution is 5.96. The van der Waals surface area contributed by atoms with Crippen LogP contribution < -0.4 is 9.64 Å². The summed E-state index contributed by atoms with van der Waals surface area (Å²) in [5, 5.41) is 0. The zero-order valence-electron chi connectivity index (χ0n) is 15.5. The van der Waals surface area contributed by atoms with Crippen molar-refractivity contribution < 1.29 is 14.3 Å². The molecule has 0 N–H and O–H groups in total. The summed E-state index contributed by atoms with van der Waals surface area (Å²) in [6.45, 7) is 8.62. The zero-order chi connectivity index (χ0) is 18.0. The van der Waals surface area contributed by atoms with E-state index in [0.717, 1.165) is 43.8 Å². The second-order valence-electron chi connectivity index (χ2n) is 7.33. The number of piperidine rings is 1. The van der Waals surface area contributed by atoms with Crippen LogP contribution in [0.25, 0.3) is 0 Å². The molecular formula is C20H28N2O3. The summed E-state index contributed by atoms with van der Waals surface area (Å²) in [4.78, 5) is 28.6. The minimum Gasteiger partial charge on any atom is -0.486 e. The molecule has 1 aromatic carbocycles. The average Bonchev–Trinajstić information content (AvgIpc) is 2.61. The van der Waals surface area contributed by atoms with Gasteiger partial charge in [0.1, 0.15) is 11.9 Å². The van der Waals surface area contributed by atoms with E-state index < -0.39 is 0 Å². The number of ketones is 1. The van der Waals surface area contributed by atoms with Crippen molar-refractivity contribution in [3.8, 4) is 5.75 Å². The number of benzene rings is 1. The molecule has 0 saturated carbocycles. The Balaban J connectivity index is 1.79. The third-order valence-electron chi connectivity index (χ3n) is 5.34. The number of hydrogen-bond donors (Lipinski definition) is 0. The van der Waals surface area contributed by atoms with E-state index in [2.05, 4.69) is 18.7 Å². The monoisotopic (exact) mass is 344 g/mol. The quantitative estimate of drug-likeness (QED) is 0.788. The van der Waals surface area contributed by atoms with E-state index in [4.69, 9.17) is 4.74 Å². The van der Waals surface area contributed by atoms with Gasteiger partial charge in [-0.2, -0.15) is 0 Å². The summed E-state index contributed by atoms with van der Waals surface area (Å²) in [6, 6.07) is 5.51. The van der Waals surface area contributed by atoms with E-state index in [-0.39, 0.29) is 17.8 Å². The van der Waals surface area contributed by atoms with E-state index in [1.807, 2.05) is 17.0 Å². The number of fused-ring (bicyclic) bond motifs is 1. The molecule has 5 heteroatoms. The number of carbonyl (C=O) groups is 2. The molecule has 2 heterocycles. The summed E-state index contributed by atoms with van der Waals surface area (Å²) in [6.07, 6.45) is 3.12. The highest BCUT2D eigenvalue weighted by Gasteiger charge is 2.29. The van der Waals surface area contributed by atoms with Gasteiger partial charge in [-0.15, -0.1) is 0 Å². The third kappa shape index (κ3) is 3.97. The van der Waals surface area contributed by atoms with Crippen LogP contribution in [0.3, 0.4) is 0 Å². The van der Waals surface area contributed by atoms with Gasteiger partial charge in [0.2, 0.25) is 5.91 Å². The van der Waals surface area contributed by atoms with Gasteiger partial charge in [0, 0.05) is 18.7 Å². The Bertz CT molecular complexity index is 650. The lowest BCUT2D eigenvalue weighted by Crippen LogP contribution is -2.48. The molecule has 1 aromatic rings. The lowest BCUT2D eigenvalue weighted by Gasteiger charge is -2.38. The van der Waals surface area contributed by atoms with Crippen LogP contribution in [-0.2, 0) is 4.79 Å². The van der Waals surface area contributed by atoms with Gasteiger partial charge in [0.15, 0.2) is 5.78 Å². The first kappa shape index (κ1) is 17.8. The molecule has 0 radical (unpaired) electrons. The number of anilines is 1. The van der Waals surface area contributed by atoms with Crippen molar-refractivity contribution in [3.63, 3.8) is 0 Å². The van der Waals surface area contributed by atoms with Gasteiger partial charge in [-0.05, 0) is 50.3 Å².